The zero-order chi connectivity index (χ0) is 21.1. The molecular formula is C25H40N2O. The predicted octanol–water partition coefficient (Wildman–Crippen LogP) is 7.64. The topological polar surface area (TPSA) is 35.5 Å². The summed E-state index contributed by atoms with van der Waals surface area (Å²) in [7, 11) is 0. The Kier molecular flexibility index (Phi) is 10.7. The van der Waals surface area contributed by atoms with E-state index < -0.39 is 0 Å². The van der Waals surface area contributed by atoms with Gasteiger partial charge in [-0.1, -0.05) is 84.9 Å². The van der Waals surface area contributed by atoms with Crippen molar-refractivity contribution in [2.24, 2.45) is 5.92 Å². The molecule has 1 aliphatic heterocycles. The number of anilines is 2. The molecule has 0 amide bonds. The molecule has 1 heterocycles. The molecule has 0 radical (unpaired) electrons. The van der Waals surface area contributed by atoms with E-state index in [1.807, 2.05) is 19.9 Å². The van der Waals surface area contributed by atoms with E-state index in [-0.39, 0.29) is 0 Å². The van der Waals surface area contributed by atoms with E-state index in [2.05, 4.69) is 87.5 Å². The van der Waals surface area contributed by atoms with Crippen molar-refractivity contribution in [3.8, 4) is 0 Å². The lowest BCUT2D eigenvalue weighted by atomic mass is 10.00. The van der Waals surface area contributed by atoms with Crippen LogP contribution in [0.15, 0.2) is 48.5 Å². The molecule has 1 fully saturated rings. The minimum absolute atomic E-state index is 0.385. The molecule has 0 saturated carbocycles. The predicted molar refractivity (Wildman–Crippen MR) is 124 cm³/mol. The van der Waals surface area contributed by atoms with Crippen molar-refractivity contribution in [2.75, 3.05) is 16.9 Å². The van der Waals surface area contributed by atoms with Gasteiger partial charge in [0, 0.05) is 6.54 Å². The van der Waals surface area contributed by atoms with Gasteiger partial charge in [0.2, 0.25) is 0 Å². The summed E-state index contributed by atoms with van der Waals surface area (Å²) >= 11 is 0. The van der Waals surface area contributed by atoms with Gasteiger partial charge in [0.25, 0.3) is 0 Å². The van der Waals surface area contributed by atoms with Crippen molar-refractivity contribution in [2.45, 2.75) is 73.3 Å². The highest BCUT2D eigenvalue weighted by atomic mass is 16.5. The molecule has 0 bridgehead atoms. The fraction of sp³-hybridized carbons (Fsp3) is 0.520. The first kappa shape index (κ1) is 24.0. The first-order valence-electron chi connectivity index (χ1n) is 10.8. The van der Waals surface area contributed by atoms with E-state index >= 15 is 0 Å². The Morgan fingerprint density at radius 2 is 1.57 bits per heavy atom. The number of hydrogen-bond acceptors (Lipinski definition) is 3. The SMILES string of the molecule is CC.CC(C)C.CC(C)c1ccc(NO)c(N2CCCC2c2ccccc2)c1. The van der Waals surface area contributed by atoms with Gasteiger partial charge in [0.1, 0.15) is 0 Å². The molecule has 2 N–H and O–H groups in total. The van der Waals surface area contributed by atoms with Crippen LogP contribution in [0.3, 0.4) is 0 Å². The lowest BCUT2D eigenvalue weighted by Crippen LogP contribution is -2.23. The van der Waals surface area contributed by atoms with E-state index in [9.17, 15) is 5.21 Å². The summed E-state index contributed by atoms with van der Waals surface area (Å²) < 4.78 is 0. The lowest BCUT2D eigenvalue weighted by Gasteiger charge is -2.29. The largest absolute Gasteiger partial charge is 0.363 e. The molecule has 1 saturated heterocycles. The summed E-state index contributed by atoms with van der Waals surface area (Å²) in [5.41, 5.74) is 6.90. The Morgan fingerprint density at radius 1 is 0.964 bits per heavy atom. The Hall–Kier alpha value is -2.00. The van der Waals surface area contributed by atoms with Crippen LogP contribution in [0.1, 0.15) is 84.4 Å². The van der Waals surface area contributed by atoms with Crippen LogP contribution in [-0.4, -0.2) is 11.8 Å². The molecular weight excluding hydrogens is 344 g/mol. The van der Waals surface area contributed by atoms with Crippen LogP contribution in [-0.2, 0) is 0 Å². The zero-order valence-corrected chi connectivity index (χ0v) is 18.9. The molecule has 1 atom stereocenters. The fourth-order valence-electron chi connectivity index (χ4n) is 3.32. The van der Waals surface area contributed by atoms with Crippen LogP contribution in [0.25, 0.3) is 0 Å². The number of nitrogens with zero attached hydrogens (tertiary/aromatic N) is 1. The molecule has 3 nitrogen and oxygen atoms in total. The monoisotopic (exact) mass is 384 g/mol. The minimum Gasteiger partial charge on any atom is -0.363 e. The Bertz CT molecular complexity index is 665. The molecule has 1 aliphatic rings. The van der Waals surface area contributed by atoms with Crippen molar-refractivity contribution in [3.05, 3.63) is 59.7 Å². The first-order chi connectivity index (χ1) is 13.4. The highest BCUT2D eigenvalue weighted by Gasteiger charge is 2.28. The number of rotatable bonds is 4. The summed E-state index contributed by atoms with van der Waals surface area (Å²) in [6.07, 6.45) is 2.33. The Labute approximate surface area is 172 Å². The maximum absolute atomic E-state index is 9.49. The minimum atomic E-state index is 0.385. The Balaban J connectivity index is 0.000000583. The lowest BCUT2D eigenvalue weighted by molar-refractivity contribution is 0.389. The van der Waals surface area contributed by atoms with E-state index in [4.69, 9.17) is 0 Å². The van der Waals surface area contributed by atoms with Gasteiger partial charge in [-0.2, -0.15) is 0 Å². The first-order valence-corrected chi connectivity index (χ1v) is 10.8. The molecule has 3 rings (SSSR count). The second-order valence-corrected chi connectivity index (χ2v) is 8.04. The average Bonchev–Trinajstić information content (AvgIpc) is 3.19. The standard InChI is InChI=1S/C19H24N2O.C4H10.C2H6/c1-14(2)16-10-11-17(20-22)19(13-16)21-12-6-9-18(21)15-7-4-3-5-8-15;1-4(2)3;1-2/h3-5,7-8,10-11,13-14,18,20,22H,6,9,12H2,1-2H3;4H,1-3H3;1-2H3. The van der Waals surface area contributed by atoms with Crippen LogP contribution in [0, 0.1) is 5.92 Å². The van der Waals surface area contributed by atoms with Gasteiger partial charge in [-0.05, 0) is 47.9 Å². The second kappa shape index (κ2) is 12.5. The van der Waals surface area contributed by atoms with E-state index in [0.717, 1.165) is 30.3 Å². The fourth-order valence-corrected chi connectivity index (χ4v) is 3.32. The molecule has 2 aromatic rings. The van der Waals surface area contributed by atoms with Crippen LogP contribution < -0.4 is 10.4 Å². The van der Waals surface area contributed by atoms with E-state index in [0.29, 0.717) is 12.0 Å². The summed E-state index contributed by atoms with van der Waals surface area (Å²) in [5.74, 6) is 1.31. The second-order valence-electron chi connectivity index (χ2n) is 8.04. The van der Waals surface area contributed by atoms with Crippen molar-refractivity contribution < 1.29 is 5.21 Å². The third-order valence-electron chi connectivity index (χ3n) is 4.56. The summed E-state index contributed by atoms with van der Waals surface area (Å²) in [4.78, 5) is 2.42. The van der Waals surface area contributed by atoms with Gasteiger partial charge in [-0.15, -0.1) is 0 Å². The molecule has 156 valence electrons. The number of benzene rings is 2. The van der Waals surface area contributed by atoms with Crippen molar-refractivity contribution in [1.29, 1.82) is 0 Å². The highest BCUT2D eigenvalue weighted by molar-refractivity contribution is 5.71. The third-order valence-corrected chi connectivity index (χ3v) is 4.56. The zero-order valence-electron chi connectivity index (χ0n) is 18.9. The van der Waals surface area contributed by atoms with Crippen LogP contribution in [0.5, 0.6) is 0 Å². The van der Waals surface area contributed by atoms with E-state index in [1.165, 1.54) is 17.5 Å². The smallest absolute Gasteiger partial charge is 0.0835 e. The van der Waals surface area contributed by atoms with Gasteiger partial charge in [-0.3, -0.25) is 10.7 Å². The quantitative estimate of drug-likeness (QED) is 0.532. The van der Waals surface area contributed by atoms with Gasteiger partial charge >= 0.3 is 0 Å². The van der Waals surface area contributed by atoms with Crippen LogP contribution in [0.4, 0.5) is 11.4 Å². The van der Waals surface area contributed by atoms with Crippen molar-refractivity contribution in [3.63, 3.8) is 0 Å². The number of hydrogen-bond donors (Lipinski definition) is 2. The van der Waals surface area contributed by atoms with E-state index in [1.54, 1.807) is 0 Å². The molecule has 28 heavy (non-hydrogen) atoms. The van der Waals surface area contributed by atoms with Gasteiger partial charge in [0.05, 0.1) is 17.4 Å². The van der Waals surface area contributed by atoms with Crippen molar-refractivity contribution >= 4 is 11.4 Å². The normalized spacial score (nSPS) is 15.6. The molecule has 1 unspecified atom stereocenters. The molecule has 0 aliphatic carbocycles. The summed E-state index contributed by atoms with van der Waals surface area (Å²) in [6, 6.07) is 17.3. The molecule has 2 aromatic carbocycles. The van der Waals surface area contributed by atoms with Gasteiger partial charge in [0.15, 0.2) is 0 Å². The van der Waals surface area contributed by atoms with Gasteiger partial charge < -0.3 is 4.90 Å². The molecule has 0 spiro atoms. The number of nitrogens with one attached hydrogen (secondary N) is 1. The third kappa shape index (κ3) is 6.87. The molecule has 3 heteroatoms. The van der Waals surface area contributed by atoms with Gasteiger partial charge in [-0.25, -0.2) is 0 Å². The van der Waals surface area contributed by atoms with Crippen molar-refractivity contribution in [1.82, 2.24) is 0 Å². The maximum atomic E-state index is 9.49. The summed E-state index contributed by atoms with van der Waals surface area (Å²) in [6.45, 7) is 15.9. The average molecular weight is 385 g/mol. The van der Waals surface area contributed by atoms with Crippen LogP contribution in [0.2, 0.25) is 0 Å². The Morgan fingerprint density at radius 3 is 2.11 bits per heavy atom. The molecule has 0 aromatic heterocycles. The van der Waals surface area contributed by atoms with Crippen LogP contribution >= 0.6 is 0 Å². The summed E-state index contributed by atoms with van der Waals surface area (Å²) in [5, 5.41) is 9.49. The maximum Gasteiger partial charge on any atom is 0.0835 e. The highest BCUT2D eigenvalue weighted by Crippen LogP contribution is 2.40.